The maximum Gasteiger partial charge on any atom is 0.387 e. The van der Waals surface area contributed by atoms with Crippen LogP contribution >= 0.6 is 29.8 Å². The number of hydrogen-bond donors (Lipinski definition) is 1. The molecule has 0 aliphatic heterocycles. The zero-order valence-corrected chi connectivity index (χ0v) is 15.3. The fourth-order valence-corrected chi connectivity index (χ4v) is 5.26. The fraction of sp³-hybridized carbons (Fsp3) is 0.250. The molecule has 3 rings (SSSR count). The molecule has 0 spiro atoms. The molecule has 1 aromatic carbocycles. The van der Waals surface area contributed by atoms with Crippen LogP contribution in [-0.4, -0.2) is 27.5 Å². The number of hydrogen-bond acceptors (Lipinski definition) is 5. The molecule has 5 nitrogen and oxygen atoms in total. The topological polar surface area (TPSA) is 76.5 Å². The highest BCUT2D eigenvalue weighted by molar-refractivity contribution is 8.54. The van der Waals surface area contributed by atoms with E-state index in [0.29, 0.717) is 17.0 Å². The number of Topliss-reactive ketones (excluding diaryl/α,β-unsaturated/α-hetero) is 1. The quantitative estimate of drug-likeness (QED) is 0.758. The van der Waals surface area contributed by atoms with Gasteiger partial charge < -0.3 is 4.89 Å². The van der Waals surface area contributed by atoms with Gasteiger partial charge in [-0.05, 0) is 36.0 Å². The van der Waals surface area contributed by atoms with Gasteiger partial charge in [0.25, 0.3) is 0 Å². The van der Waals surface area contributed by atoms with Crippen LogP contribution in [0.1, 0.15) is 29.4 Å². The van der Waals surface area contributed by atoms with E-state index in [9.17, 15) is 14.3 Å². The zero-order chi connectivity index (χ0) is 17.3. The Morgan fingerprint density at radius 1 is 1.42 bits per heavy atom. The van der Waals surface area contributed by atoms with E-state index in [-0.39, 0.29) is 5.03 Å². The molecule has 8 heteroatoms. The lowest BCUT2D eigenvalue weighted by Gasteiger charge is -2.22. The van der Waals surface area contributed by atoms with Gasteiger partial charge in [-0.25, -0.2) is 9.55 Å². The number of para-hydroxylation sites is 1. The van der Waals surface area contributed by atoms with Crippen LogP contribution in [0.25, 0.3) is 15.9 Å². The van der Waals surface area contributed by atoms with E-state index < -0.39 is 18.7 Å². The van der Waals surface area contributed by atoms with Gasteiger partial charge in [0, 0.05) is 16.7 Å². The number of benzene rings is 1. The second kappa shape index (κ2) is 6.98. The van der Waals surface area contributed by atoms with E-state index in [1.54, 1.807) is 6.07 Å². The maximum atomic E-state index is 12.6. The lowest BCUT2D eigenvalue weighted by Crippen LogP contribution is -2.26. The van der Waals surface area contributed by atoms with Gasteiger partial charge in [-0.3, -0.25) is 9.32 Å². The van der Waals surface area contributed by atoms with Gasteiger partial charge in [-0.1, -0.05) is 36.7 Å². The summed E-state index contributed by atoms with van der Waals surface area (Å²) in [4.78, 5) is 26.9. The third kappa shape index (κ3) is 3.58. The summed E-state index contributed by atoms with van der Waals surface area (Å²) in [6.07, 6.45) is 0.878. The molecule has 0 saturated carbocycles. The Kier molecular flexibility index (Phi) is 5.13. The normalized spacial score (nSPS) is 19.7. The highest BCUT2D eigenvalue weighted by Gasteiger charge is 2.34. The lowest BCUT2D eigenvalue weighted by molar-refractivity contribution is 0.0838. The third-order valence-corrected chi connectivity index (χ3v) is 6.98. The van der Waals surface area contributed by atoms with E-state index in [4.69, 9.17) is 16.1 Å². The summed E-state index contributed by atoms with van der Waals surface area (Å²) in [5, 5.41) is 1.03. The van der Waals surface area contributed by atoms with E-state index in [1.165, 1.54) is 6.08 Å². The second-order valence-electron chi connectivity index (χ2n) is 5.28. The van der Waals surface area contributed by atoms with Crippen LogP contribution in [0.2, 0.25) is 0 Å². The summed E-state index contributed by atoms with van der Waals surface area (Å²) in [6, 6.07) is 9.05. The summed E-state index contributed by atoms with van der Waals surface area (Å²) in [6.45, 7) is -2.04. The van der Waals surface area contributed by atoms with Crippen LogP contribution in [0.5, 0.6) is 0 Å². The fourth-order valence-electron chi connectivity index (χ4n) is 2.39. The molecule has 0 radical (unpaired) electrons. The molecule has 0 saturated heterocycles. The highest BCUT2D eigenvalue weighted by Crippen LogP contribution is 2.57. The number of nitrogens with zero attached hydrogens (tertiary/aromatic N) is 1. The molecular weight excluding hydrogens is 369 g/mol. The first kappa shape index (κ1) is 17.6. The molecule has 2 atom stereocenters. The van der Waals surface area contributed by atoms with Crippen molar-refractivity contribution >= 4 is 51.5 Å². The van der Waals surface area contributed by atoms with Crippen molar-refractivity contribution in [3.8, 4) is 0 Å². The zero-order valence-electron chi connectivity index (χ0n) is 12.8. The molecule has 1 heterocycles. The number of rotatable bonds is 5. The van der Waals surface area contributed by atoms with Crippen LogP contribution in [0.4, 0.5) is 0 Å². The molecule has 2 aromatic rings. The van der Waals surface area contributed by atoms with Crippen molar-refractivity contribution in [2.24, 2.45) is 0 Å². The molecule has 0 bridgehead atoms. The second-order valence-corrected chi connectivity index (χ2v) is 9.66. The van der Waals surface area contributed by atoms with Crippen LogP contribution in [-0.2, 0) is 9.09 Å². The Hall–Kier alpha value is -1.17. The van der Waals surface area contributed by atoms with Crippen molar-refractivity contribution in [1.82, 2.24) is 4.98 Å². The monoisotopic (exact) mass is 383 g/mol. The first-order chi connectivity index (χ1) is 11.4. The Morgan fingerprint density at radius 3 is 2.92 bits per heavy atom. The number of pyridine rings is 1. The van der Waals surface area contributed by atoms with Crippen molar-refractivity contribution in [1.29, 1.82) is 0 Å². The van der Waals surface area contributed by atoms with E-state index in [0.717, 1.165) is 28.7 Å². The number of ketones is 1. The summed E-state index contributed by atoms with van der Waals surface area (Å²) in [7, 11) is 0. The van der Waals surface area contributed by atoms with Crippen molar-refractivity contribution in [2.45, 2.75) is 19.4 Å². The van der Waals surface area contributed by atoms with Gasteiger partial charge in [-0.15, -0.1) is 0 Å². The Balaban J connectivity index is 1.96. The molecule has 1 aliphatic carbocycles. The number of fused-ring (bicyclic) bond motifs is 2. The van der Waals surface area contributed by atoms with Gasteiger partial charge in [0.15, 0.2) is 11.9 Å². The predicted molar refractivity (Wildman–Crippen MR) is 97.4 cm³/mol. The molecule has 0 amide bonds. The summed E-state index contributed by atoms with van der Waals surface area (Å²) < 4.78 is 17.2. The summed E-state index contributed by atoms with van der Waals surface area (Å²) in [5.74, 6) is 0.0496. The maximum absolute atomic E-state index is 12.6. The number of halogens is 1. The minimum atomic E-state index is -3.93. The Morgan fingerprint density at radius 2 is 2.17 bits per heavy atom. The summed E-state index contributed by atoms with van der Waals surface area (Å²) >= 11 is 7.04. The smallest absolute Gasteiger partial charge is 0.316 e. The third-order valence-electron chi connectivity index (χ3n) is 3.48. The SMILES string of the molecule is CCCSP(=O)(O)OC1C=C(Cl)c2nc3ccccc3cc2C1=O. The van der Waals surface area contributed by atoms with Gasteiger partial charge in [-0.2, -0.15) is 0 Å². The van der Waals surface area contributed by atoms with Crippen molar-refractivity contribution < 1.29 is 18.8 Å². The van der Waals surface area contributed by atoms with Crippen molar-refractivity contribution in [3.05, 3.63) is 47.7 Å². The molecule has 0 fully saturated rings. The molecule has 1 aromatic heterocycles. The number of aromatic nitrogens is 1. The minimum absolute atomic E-state index is 0.237. The molecule has 2 unspecified atom stereocenters. The van der Waals surface area contributed by atoms with Gasteiger partial charge in [0.1, 0.15) is 0 Å². The van der Waals surface area contributed by atoms with E-state index >= 15 is 0 Å². The molecule has 24 heavy (non-hydrogen) atoms. The molecule has 1 aliphatic rings. The minimum Gasteiger partial charge on any atom is -0.316 e. The van der Waals surface area contributed by atoms with E-state index in [1.807, 2.05) is 31.2 Å². The van der Waals surface area contributed by atoms with Gasteiger partial charge in [0.2, 0.25) is 0 Å². The van der Waals surface area contributed by atoms with Crippen molar-refractivity contribution in [2.75, 3.05) is 5.75 Å². The average Bonchev–Trinajstić information content (AvgIpc) is 2.56. The first-order valence-corrected chi connectivity index (χ1v) is 10.9. The largest absolute Gasteiger partial charge is 0.387 e. The van der Waals surface area contributed by atoms with E-state index in [2.05, 4.69) is 4.98 Å². The Bertz CT molecular complexity index is 886. The molecular formula is C16H15ClNO4PS. The number of carbonyl (C=O) groups excluding carboxylic acids is 1. The first-order valence-electron chi connectivity index (χ1n) is 7.38. The standard InChI is InChI=1S/C16H15ClNO4PS/c1-2-7-24-23(20,21)22-14-9-12(17)15-11(16(14)19)8-10-5-3-4-6-13(10)18-15/h3-6,8-9,14H,2,7H2,1H3,(H,20,21). The van der Waals surface area contributed by atoms with Crippen LogP contribution in [0, 0.1) is 0 Å². The Labute approximate surface area is 148 Å². The number of carbonyl (C=O) groups is 1. The predicted octanol–water partition coefficient (Wildman–Crippen LogP) is 4.64. The van der Waals surface area contributed by atoms with Crippen LogP contribution in [0.3, 0.4) is 0 Å². The van der Waals surface area contributed by atoms with Crippen LogP contribution in [0.15, 0.2) is 36.4 Å². The lowest BCUT2D eigenvalue weighted by atomic mass is 9.96. The van der Waals surface area contributed by atoms with Gasteiger partial charge >= 0.3 is 6.80 Å². The van der Waals surface area contributed by atoms with Gasteiger partial charge in [0.05, 0.1) is 16.2 Å². The van der Waals surface area contributed by atoms with Crippen LogP contribution < -0.4 is 0 Å². The average molecular weight is 384 g/mol. The molecule has 1 N–H and O–H groups in total. The molecule has 126 valence electrons. The van der Waals surface area contributed by atoms with Crippen molar-refractivity contribution in [3.63, 3.8) is 0 Å². The summed E-state index contributed by atoms with van der Waals surface area (Å²) in [5.41, 5.74) is 1.39. The highest BCUT2D eigenvalue weighted by atomic mass is 35.5.